The van der Waals surface area contributed by atoms with Gasteiger partial charge in [0, 0.05) is 49.4 Å². The van der Waals surface area contributed by atoms with E-state index in [-0.39, 0.29) is 0 Å². The topological polar surface area (TPSA) is 61.4 Å². The molecular formula is C76H52N6. The van der Waals surface area contributed by atoms with E-state index in [1.54, 1.807) is 0 Å². The lowest BCUT2D eigenvalue weighted by molar-refractivity contribution is 1.09. The van der Waals surface area contributed by atoms with Crippen LogP contribution in [0.4, 0.5) is 0 Å². The van der Waals surface area contributed by atoms with E-state index in [4.69, 9.17) is 19.9 Å². The van der Waals surface area contributed by atoms with Gasteiger partial charge in [-0.1, -0.05) is 217 Å². The lowest BCUT2D eigenvalue weighted by Crippen LogP contribution is -2.09. The maximum absolute atomic E-state index is 5.78. The molecule has 4 aromatic heterocycles. The lowest BCUT2D eigenvalue weighted by Gasteiger charge is -2.23. The van der Waals surface area contributed by atoms with Crippen LogP contribution >= 0.6 is 0 Å². The van der Waals surface area contributed by atoms with Gasteiger partial charge in [0.25, 0.3) is 0 Å². The van der Waals surface area contributed by atoms with Crippen molar-refractivity contribution in [3.63, 3.8) is 0 Å². The normalized spacial score (nSPS) is 11.5. The van der Waals surface area contributed by atoms with Crippen LogP contribution in [0.15, 0.2) is 279 Å². The highest BCUT2D eigenvalue weighted by Gasteiger charge is 2.29. The molecule has 82 heavy (non-hydrogen) atoms. The SMILES string of the molecule is Cc1ccc2c(c1)c1cc(C)ccc1n2-c1c(-c2nc(-c3ccccc3)cc(-c3ccccc3)n2)ccc(-n2c3ccc(-c4ccccc4)cc3c3cc(-c4ccccc4)ccc32)c1-c1nc(-c2ccccc2)cc(-c2ccccc2)n1. The number of nitrogens with zero attached hydrogens (tertiary/aromatic N) is 6. The smallest absolute Gasteiger partial charge is 0.164 e. The van der Waals surface area contributed by atoms with Crippen molar-refractivity contribution in [3.05, 3.63) is 290 Å². The van der Waals surface area contributed by atoms with Gasteiger partial charge in [-0.3, -0.25) is 0 Å². The summed E-state index contributed by atoms with van der Waals surface area (Å²) in [6, 6.07) is 99.3. The standard InChI is InChI=1S/C76H52N6/c1-49-33-38-70-60(43-49)61-44-50(2)34-39-71(61)82(70)74-59(75-77-64(53-25-13-5-14-26-53)47-65(78-75)54-27-15-6-16-28-54)37-42-72(73(74)76-79-66(55-29-17-7-18-30-55)48-67(80-76)56-31-19-8-20-32-56)81-68-40-35-57(51-21-9-3-10-22-51)45-62(68)63-46-58(36-41-69(63)81)52-23-11-4-12-24-52/h3-48H,1-2H3. The summed E-state index contributed by atoms with van der Waals surface area (Å²) in [6.07, 6.45) is 0. The van der Waals surface area contributed by atoms with E-state index < -0.39 is 0 Å². The lowest BCUT2D eigenvalue weighted by atomic mass is 9.99. The van der Waals surface area contributed by atoms with Gasteiger partial charge < -0.3 is 9.13 Å². The second-order valence-corrected chi connectivity index (χ2v) is 21.2. The van der Waals surface area contributed by atoms with Gasteiger partial charge in [-0.2, -0.15) is 0 Å². The predicted molar refractivity (Wildman–Crippen MR) is 339 cm³/mol. The molecule has 4 heterocycles. The van der Waals surface area contributed by atoms with E-state index in [0.29, 0.717) is 11.6 Å². The number of hydrogen-bond donors (Lipinski definition) is 0. The molecule has 0 N–H and O–H groups in total. The highest BCUT2D eigenvalue weighted by atomic mass is 15.1. The van der Waals surface area contributed by atoms with Crippen molar-refractivity contribution >= 4 is 43.6 Å². The van der Waals surface area contributed by atoms with Gasteiger partial charge in [0.1, 0.15) is 0 Å². The van der Waals surface area contributed by atoms with Crippen LogP contribution in [0.1, 0.15) is 11.1 Å². The van der Waals surface area contributed by atoms with Gasteiger partial charge >= 0.3 is 0 Å². The number of aromatic nitrogens is 6. The molecule has 0 amide bonds. The fourth-order valence-electron chi connectivity index (χ4n) is 11.9. The van der Waals surface area contributed by atoms with Gasteiger partial charge in [-0.05, 0) is 109 Å². The Balaban J connectivity index is 1.15. The van der Waals surface area contributed by atoms with Crippen molar-refractivity contribution < 1.29 is 0 Å². The monoisotopic (exact) mass is 1050 g/mol. The van der Waals surface area contributed by atoms with Gasteiger partial charge in [0.2, 0.25) is 0 Å². The highest BCUT2D eigenvalue weighted by molar-refractivity contribution is 6.14. The molecule has 6 nitrogen and oxygen atoms in total. The Morgan fingerprint density at radius 2 is 0.585 bits per heavy atom. The van der Waals surface area contributed by atoms with Crippen LogP contribution in [0.2, 0.25) is 0 Å². The summed E-state index contributed by atoms with van der Waals surface area (Å²) >= 11 is 0. The molecule has 11 aromatic carbocycles. The average molecular weight is 1050 g/mol. The molecule has 0 aliphatic carbocycles. The summed E-state index contributed by atoms with van der Waals surface area (Å²) in [5, 5.41) is 4.55. The van der Waals surface area contributed by atoms with Crippen LogP contribution in [-0.4, -0.2) is 29.1 Å². The Bertz CT molecular complexity index is 4630. The van der Waals surface area contributed by atoms with Crippen molar-refractivity contribution in [2.75, 3.05) is 0 Å². The summed E-state index contributed by atoms with van der Waals surface area (Å²) in [5.41, 5.74) is 21.7. The Hall–Kier alpha value is -10.8. The highest BCUT2D eigenvalue weighted by Crippen LogP contribution is 2.47. The third-order valence-corrected chi connectivity index (χ3v) is 15.9. The first-order chi connectivity index (χ1) is 40.5. The van der Waals surface area contributed by atoms with E-state index in [9.17, 15) is 0 Å². The molecule has 6 heteroatoms. The number of benzene rings is 11. The van der Waals surface area contributed by atoms with Crippen LogP contribution in [0.5, 0.6) is 0 Å². The fraction of sp³-hybridized carbons (Fsp3) is 0.0263. The largest absolute Gasteiger partial charge is 0.308 e. The third-order valence-electron chi connectivity index (χ3n) is 15.9. The maximum atomic E-state index is 5.78. The van der Waals surface area contributed by atoms with E-state index in [1.165, 1.54) is 11.1 Å². The van der Waals surface area contributed by atoms with Crippen molar-refractivity contribution in [2.24, 2.45) is 0 Å². The predicted octanol–water partition coefficient (Wildman–Crippen LogP) is 19.4. The van der Waals surface area contributed by atoms with E-state index in [1.807, 2.05) is 12.1 Å². The van der Waals surface area contributed by atoms with Crippen LogP contribution in [0.3, 0.4) is 0 Å². The summed E-state index contributed by atoms with van der Waals surface area (Å²) in [7, 11) is 0. The van der Waals surface area contributed by atoms with Crippen LogP contribution in [-0.2, 0) is 0 Å². The third kappa shape index (κ3) is 8.53. The van der Waals surface area contributed by atoms with Crippen LogP contribution < -0.4 is 0 Å². The molecule has 0 spiro atoms. The van der Waals surface area contributed by atoms with Crippen molar-refractivity contribution in [2.45, 2.75) is 13.8 Å². The van der Waals surface area contributed by atoms with E-state index in [0.717, 1.165) is 133 Å². The van der Waals surface area contributed by atoms with E-state index >= 15 is 0 Å². The molecule has 0 atom stereocenters. The molecule has 15 rings (SSSR count). The Labute approximate surface area is 475 Å². The Morgan fingerprint density at radius 1 is 0.256 bits per heavy atom. The van der Waals surface area contributed by atoms with E-state index in [2.05, 4.69) is 290 Å². The minimum atomic E-state index is 0.556. The second-order valence-electron chi connectivity index (χ2n) is 21.2. The first-order valence-electron chi connectivity index (χ1n) is 27.9. The molecule has 0 radical (unpaired) electrons. The average Bonchev–Trinajstić information content (AvgIpc) is 2.75. The second kappa shape index (κ2) is 20.1. The first-order valence-corrected chi connectivity index (χ1v) is 27.9. The zero-order chi connectivity index (χ0) is 54.7. The van der Waals surface area contributed by atoms with Gasteiger partial charge in [-0.25, -0.2) is 19.9 Å². The quantitative estimate of drug-likeness (QED) is 0.137. The molecule has 15 aromatic rings. The summed E-state index contributed by atoms with van der Waals surface area (Å²) in [4.78, 5) is 22.8. The molecule has 0 aliphatic rings. The summed E-state index contributed by atoms with van der Waals surface area (Å²) < 4.78 is 4.88. The molecular weight excluding hydrogens is 997 g/mol. The van der Waals surface area contributed by atoms with Gasteiger partial charge in [0.15, 0.2) is 11.6 Å². The Morgan fingerprint density at radius 3 is 0.976 bits per heavy atom. The van der Waals surface area contributed by atoms with Crippen molar-refractivity contribution in [3.8, 4) is 101 Å². The van der Waals surface area contributed by atoms with Crippen LogP contribution in [0, 0.1) is 13.8 Å². The minimum Gasteiger partial charge on any atom is -0.308 e. The molecule has 0 saturated carbocycles. The molecule has 0 bridgehead atoms. The zero-order valence-corrected chi connectivity index (χ0v) is 45.2. The van der Waals surface area contributed by atoms with Gasteiger partial charge in [-0.15, -0.1) is 0 Å². The number of hydrogen-bond acceptors (Lipinski definition) is 4. The Kier molecular flexibility index (Phi) is 11.9. The van der Waals surface area contributed by atoms with Crippen molar-refractivity contribution in [1.29, 1.82) is 0 Å². The summed E-state index contributed by atoms with van der Waals surface area (Å²) in [6.45, 7) is 4.35. The van der Waals surface area contributed by atoms with Gasteiger partial charge in [0.05, 0.1) is 61.8 Å². The maximum Gasteiger partial charge on any atom is 0.164 e. The van der Waals surface area contributed by atoms with Crippen molar-refractivity contribution in [1.82, 2.24) is 29.1 Å². The molecule has 0 unspecified atom stereocenters. The fourth-order valence-corrected chi connectivity index (χ4v) is 11.9. The molecule has 0 saturated heterocycles. The summed E-state index contributed by atoms with van der Waals surface area (Å²) in [5.74, 6) is 1.13. The number of rotatable bonds is 10. The molecule has 0 fully saturated rings. The molecule has 386 valence electrons. The number of fused-ring (bicyclic) bond motifs is 6. The number of aryl methyl sites for hydroxylation is 2. The first kappa shape index (κ1) is 48.3. The minimum absolute atomic E-state index is 0.556. The zero-order valence-electron chi connectivity index (χ0n) is 45.2. The van der Waals surface area contributed by atoms with Crippen LogP contribution in [0.25, 0.3) is 145 Å². The molecule has 0 aliphatic heterocycles.